The molecule has 4 rings (SSSR count). The van der Waals surface area contributed by atoms with E-state index in [4.69, 9.17) is 4.74 Å². The first-order chi connectivity index (χ1) is 13.0. The smallest absolute Gasteiger partial charge is 0.342 e. The normalized spacial score (nSPS) is 12.2. The van der Waals surface area contributed by atoms with Gasteiger partial charge in [0.05, 0.1) is 10.9 Å². The van der Waals surface area contributed by atoms with Crippen LogP contribution in [0, 0.1) is 0 Å². The molecule has 0 saturated carbocycles. The Bertz CT molecular complexity index is 1230. The third-order valence-corrected chi connectivity index (χ3v) is 4.38. The second-order valence-corrected chi connectivity index (χ2v) is 6.23. The number of rotatable bonds is 3. The number of H-pyrrole nitrogens is 1. The van der Waals surface area contributed by atoms with Crippen LogP contribution in [0.1, 0.15) is 29.2 Å². The molecule has 6 heteroatoms. The van der Waals surface area contributed by atoms with Gasteiger partial charge in [0.2, 0.25) is 0 Å². The predicted octanol–water partition coefficient (Wildman–Crippen LogP) is 3.70. The van der Waals surface area contributed by atoms with Gasteiger partial charge in [-0.3, -0.25) is 4.79 Å². The Morgan fingerprint density at radius 2 is 1.74 bits per heavy atom. The molecule has 0 aliphatic heterocycles. The summed E-state index contributed by atoms with van der Waals surface area (Å²) in [5, 5.41) is 12.3. The zero-order chi connectivity index (χ0) is 19.0. The lowest BCUT2D eigenvalue weighted by atomic mass is 10.1. The molecular weight excluding hydrogens is 344 g/mol. The van der Waals surface area contributed by atoms with Gasteiger partial charge in [0.15, 0.2) is 11.9 Å². The fourth-order valence-electron chi connectivity index (χ4n) is 2.97. The van der Waals surface area contributed by atoms with E-state index in [1.165, 1.54) is 6.07 Å². The highest BCUT2D eigenvalue weighted by Gasteiger charge is 2.20. The number of ether oxygens (including phenoxy) is 1. The summed E-state index contributed by atoms with van der Waals surface area (Å²) in [6.45, 7) is 1.61. The highest BCUT2D eigenvalue weighted by atomic mass is 16.5. The van der Waals surface area contributed by atoms with E-state index in [9.17, 15) is 14.7 Å². The van der Waals surface area contributed by atoms with Crippen LogP contribution in [-0.4, -0.2) is 21.0 Å². The summed E-state index contributed by atoms with van der Waals surface area (Å²) in [5.74, 6) is -0.611. The lowest BCUT2D eigenvalue weighted by molar-refractivity contribution is 0.0317. The molecule has 1 heterocycles. The first-order valence-corrected chi connectivity index (χ1v) is 8.44. The van der Waals surface area contributed by atoms with Gasteiger partial charge >= 0.3 is 5.97 Å². The molecule has 4 aromatic rings. The second kappa shape index (κ2) is 6.57. The van der Waals surface area contributed by atoms with Crippen molar-refractivity contribution in [2.24, 2.45) is 0 Å². The number of fused-ring (bicyclic) bond motifs is 2. The van der Waals surface area contributed by atoms with E-state index < -0.39 is 12.1 Å². The fraction of sp³-hybridized carbons (Fsp3) is 0.0952. The quantitative estimate of drug-likeness (QED) is 0.544. The van der Waals surface area contributed by atoms with Crippen LogP contribution in [0.2, 0.25) is 0 Å². The molecule has 0 saturated heterocycles. The molecule has 6 nitrogen and oxygen atoms in total. The minimum absolute atomic E-state index is 0.0590. The van der Waals surface area contributed by atoms with E-state index in [2.05, 4.69) is 9.97 Å². The van der Waals surface area contributed by atoms with E-state index >= 15 is 0 Å². The maximum atomic E-state index is 12.5. The molecule has 1 atom stereocenters. The molecule has 0 spiro atoms. The number of carbonyl (C=O) groups excluding carboxylic acids is 1. The van der Waals surface area contributed by atoms with Crippen molar-refractivity contribution in [1.82, 2.24) is 9.97 Å². The van der Waals surface area contributed by atoms with Crippen molar-refractivity contribution in [3.63, 3.8) is 0 Å². The average Bonchev–Trinajstić information content (AvgIpc) is 2.67. The maximum Gasteiger partial charge on any atom is 0.342 e. The van der Waals surface area contributed by atoms with Crippen LogP contribution in [-0.2, 0) is 4.74 Å². The van der Waals surface area contributed by atoms with Crippen LogP contribution in [0.15, 0.2) is 65.5 Å². The molecule has 27 heavy (non-hydrogen) atoms. The average molecular weight is 360 g/mol. The summed E-state index contributed by atoms with van der Waals surface area (Å²) in [6, 6.07) is 17.4. The van der Waals surface area contributed by atoms with E-state index in [0.29, 0.717) is 10.9 Å². The molecule has 134 valence electrons. The standard InChI is InChI=1S/C21H16N2O4/c1-12(19-22-17-9-5-4-8-15(17)20(25)23-19)27-21(26)16-10-13-6-2-3-7-14(13)11-18(16)24/h2-12,24H,1H3,(H,22,23,25)/t12-/m0/s1. The van der Waals surface area contributed by atoms with E-state index in [-0.39, 0.29) is 22.7 Å². The number of hydrogen-bond acceptors (Lipinski definition) is 5. The minimum Gasteiger partial charge on any atom is -0.507 e. The zero-order valence-corrected chi connectivity index (χ0v) is 14.5. The number of aromatic nitrogens is 2. The molecular formula is C21H16N2O4. The number of aromatic hydroxyl groups is 1. The first kappa shape index (κ1) is 16.8. The van der Waals surface area contributed by atoms with Crippen molar-refractivity contribution in [3.8, 4) is 5.75 Å². The van der Waals surface area contributed by atoms with E-state index in [1.807, 2.05) is 24.3 Å². The van der Waals surface area contributed by atoms with Gasteiger partial charge in [0, 0.05) is 0 Å². The van der Waals surface area contributed by atoms with Crippen molar-refractivity contribution < 1.29 is 14.6 Å². The number of carbonyl (C=O) groups is 1. The van der Waals surface area contributed by atoms with Crippen molar-refractivity contribution in [3.05, 3.63) is 82.4 Å². The van der Waals surface area contributed by atoms with Gasteiger partial charge in [-0.25, -0.2) is 9.78 Å². The third-order valence-electron chi connectivity index (χ3n) is 4.38. The first-order valence-electron chi connectivity index (χ1n) is 8.44. The topological polar surface area (TPSA) is 92.3 Å². The van der Waals surface area contributed by atoms with Gasteiger partial charge in [-0.1, -0.05) is 36.4 Å². The molecule has 0 aliphatic carbocycles. The number of esters is 1. The molecule has 0 fully saturated rings. The van der Waals surface area contributed by atoms with Gasteiger partial charge in [-0.15, -0.1) is 0 Å². The molecule has 2 N–H and O–H groups in total. The highest BCUT2D eigenvalue weighted by molar-refractivity contribution is 5.98. The molecule has 0 amide bonds. The number of nitrogens with one attached hydrogen (secondary N) is 1. The van der Waals surface area contributed by atoms with Gasteiger partial charge in [-0.05, 0) is 42.0 Å². The lowest BCUT2D eigenvalue weighted by Crippen LogP contribution is -2.17. The largest absolute Gasteiger partial charge is 0.507 e. The Morgan fingerprint density at radius 1 is 1.07 bits per heavy atom. The monoisotopic (exact) mass is 360 g/mol. The molecule has 1 aromatic heterocycles. The Hall–Kier alpha value is -3.67. The highest BCUT2D eigenvalue weighted by Crippen LogP contribution is 2.27. The van der Waals surface area contributed by atoms with Crippen LogP contribution in [0.5, 0.6) is 5.75 Å². The van der Waals surface area contributed by atoms with Gasteiger partial charge in [0.1, 0.15) is 11.3 Å². The van der Waals surface area contributed by atoms with Crippen LogP contribution in [0.4, 0.5) is 0 Å². The van der Waals surface area contributed by atoms with Gasteiger partial charge in [0.25, 0.3) is 5.56 Å². The summed E-state index contributed by atoms with van der Waals surface area (Å²) in [5.41, 5.74) is 0.281. The number of phenolic OH excluding ortho intramolecular Hbond substituents is 1. The van der Waals surface area contributed by atoms with Crippen LogP contribution < -0.4 is 5.56 Å². The van der Waals surface area contributed by atoms with Crippen LogP contribution >= 0.6 is 0 Å². The summed E-state index contributed by atoms with van der Waals surface area (Å²) in [6.07, 6.45) is -0.791. The Morgan fingerprint density at radius 3 is 2.52 bits per heavy atom. The maximum absolute atomic E-state index is 12.5. The summed E-state index contributed by atoms with van der Waals surface area (Å²) in [4.78, 5) is 31.7. The van der Waals surface area contributed by atoms with Crippen LogP contribution in [0.25, 0.3) is 21.7 Å². The lowest BCUT2D eigenvalue weighted by Gasteiger charge is -2.14. The number of phenols is 1. The zero-order valence-electron chi connectivity index (χ0n) is 14.5. The number of aromatic amines is 1. The van der Waals surface area contributed by atoms with Crippen molar-refractivity contribution >= 4 is 27.6 Å². The number of benzene rings is 3. The molecule has 0 unspecified atom stereocenters. The number of para-hydroxylation sites is 1. The fourth-order valence-corrected chi connectivity index (χ4v) is 2.97. The van der Waals surface area contributed by atoms with Crippen LogP contribution in [0.3, 0.4) is 0 Å². The summed E-state index contributed by atoms with van der Waals surface area (Å²) < 4.78 is 5.42. The van der Waals surface area contributed by atoms with Crippen molar-refractivity contribution in [1.29, 1.82) is 0 Å². The van der Waals surface area contributed by atoms with Gasteiger partial charge in [-0.2, -0.15) is 0 Å². The summed E-state index contributed by atoms with van der Waals surface area (Å²) >= 11 is 0. The van der Waals surface area contributed by atoms with E-state index in [0.717, 1.165) is 10.8 Å². The minimum atomic E-state index is -0.791. The number of hydrogen-bond donors (Lipinski definition) is 2. The third kappa shape index (κ3) is 3.13. The van der Waals surface area contributed by atoms with Crippen molar-refractivity contribution in [2.75, 3.05) is 0 Å². The molecule has 3 aromatic carbocycles. The Balaban J connectivity index is 1.65. The molecule has 0 aliphatic rings. The Kier molecular flexibility index (Phi) is 4.08. The predicted molar refractivity (Wildman–Crippen MR) is 102 cm³/mol. The molecule has 0 bridgehead atoms. The SMILES string of the molecule is C[C@H](OC(=O)c1cc2ccccc2cc1O)c1nc2ccccc2c(=O)[nH]1. The summed E-state index contributed by atoms with van der Waals surface area (Å²) in [7, 11) is 0. The van der Waals surface area contributed by atoms with Crippen molar-refractivity contribution in [2.45, 2.75) is 13.0 Å². The van der Waals surface area contributed by atoms with Gasteiger partial charge < -0.3 is 14.8 Å². The number of nitrogens with zero attached hydrogens (tertiary/aromatic N) is 1. The van der Waals surface area contributed by atoms with E-state index in [1.54, 1.807) is 37.3 Å². The second-order valence-electron chi connectivity index (χ2n) is 6.23. The Labute approximate surface area is 154 Å². The molecule has 0 radical (unpaired) electrons.